The molecule has 0 amide bonds. The summed E-state index contributed by atoms with van der Waals surface area (Å²) in [7, 11) is 0. The molecule has 1 heterocycles. The molecule has 13 heavy (non-hydrogen) atoms. The summed E-state index contributed by atoms with van der Waals surface area (Å²) in [6.07, 6.45) is -4.24. The fourth-order valence-electron chi connectivity index (χ4n) is 0.741. The first-order valence-electron chi connectivity index (χ1n) is 3.50. The summed E-state index contributed by atoms with van der Waals surface area (Å²) in [6.45, 7) is -1.11. The molecule has 0 fully saturated rings. The van der Waals surface area contributed by atoms with Crippen molar-refractivity contribution in [1.82, 2.24) is 4.98 Å². The van der Waals surface area contributed by atoms with E-state index in [1.807, 2.05) is 0 Å². The minimum atomic E-state index is -4.24. The number of alkyl halides is 3. The van der Waals surface area contributed by atoms with E-state index in [-0.39, 0.29) is 11.6 Å². The largest absolute Gasteiger partial charge is 0.405 e. The molecule has 0 aliphatic heterocycles. The number of halogens is 3. The van der Waals surface area contributed by atoms with Crippen LogP contribution in [0.2, 0.25) is 0 Å². The zero-order chi connectivity index (χ0) is 9.90. The van der Waals surface area contributed by atoms with E-state index in [4.69, 9.17) is 5.73 Å². The van der Waals surface area contributed by atoms with Gasteiger partial charge in [0.1, 0.15) is 18.2 Å². The third kappa shape index (κ3) is 3.64. The summed E-state index contributed by atoms with van der Waals surface area (Å²) < 4.78 is 35.2. The summed E-state index contributed by atoms with van der Waals surface area (Å²) in [5, 5.41) is 2.11. The number of rotatable bonds is 2. The van der Waals surface area contributed by atoms with E-state index in [2.05, 4.69) is 10.3 Å². The molecule has 0 aliphatic carbocycles. The van der Waals surface area contributed by atoms with Crippen molar-refractivity contribution in [2.75, 3.05) is 17.6 Å². The second-order valence-corrected chi connectivity index (χ2v) is 2.42. The van der Waals surface area contributed by atoms with Crippen molar-refractivity contribution in [2.45, 2.75) is 6.18 Å². The SMILES string of the molecule is Nc1cccc(NCC(F)(F)F)n1. The molecule has 3 nitrogen and oxygen atoms in total. The van der Waals surface area contributed by atoms with Crippen LogP contribution < -0.4 is 11.1 Å². The number of nitrogen functional groups attached to an aromatic ring is 1. The number of nitrogens with two attached hydrogens (primary N) is 1. The Hall–Kier alpha value is -1.46. The van der Waals surface area contributed by atoms with Crippen LogP contribution in [0.5, 0.6) is 0 Å². The summed E-state index contributed by atoms with van der Waals surface area (Å²) in [5.74, 6) is 0.310. The van der Waals surface area contributed by atoms with Crippen LogP contribution in [-0.4, -0.2) is 17.7 Å². The zero-order valence-electron chi connectivity index (χ0n) is 6.60. The van der Waals surface area contributed by atoms with Crippen molar-refractivity contribution in [3.8, 4) is 0 Å². The van der Waals surface area contributed by atoms with Gasteiger partial charge < -0.3 is 11.1 Å². The Bertz CT molecular complexity index is 285. The van der Waals surface area contributed by atoms with Crippen LogP contribution in [-0.2, 0) is 0 Å². The van der Waals surface area contributed by atoms with Gasteiger partial charge >= 0.3 is 6.18 Å². The van der Waals surface area contributed by atoms with Crippen LogP contribution in [0.25, 0.3) is 0 Å². The highest BCUT2D eigenvalue weighted by Crippen LogP contribution is 2.15. The number of anilines is 2. The third-order valence-electron chi connectivity index (χ3n) is 1.24. The third-order valence-corrected chi connectivity index (χ3v) is 1.24. The van der Waals surface area contributed by atoms with E-state index >= 15 is 0 Å². The lowest BCUT2D eigenvalue weighted by atomic mass is 10.4. The highest BCUT2D eigenvalue weighted by atomic mass is 19.4. The van der Waals surface area contributed by atoms with Crippen LogP contribution in [0.4, 0.5) is 24.8 Å². The van der Waals surface area contributed by atoms with Crippen LogP contribution in [0, 0.1) is 0 Å². The van der Waals surface area contributed by atoms with Gasteiger partial charge in [0.25, 0.3) is 0 Å². The van der Waals surface area contributed by atoms with Crippen LogP contribution in [0.3, 0.4) is 0 Å². The van der Waals surface area contributed by atoms with Gasteiger partial charge in [-0.2, -0.15) is 13.2 Å². The monoisotopic (exact) mass is 191 g/mol. The van der Waals surface area contributed by atoms with Gasteiger partial charge in [-0.3, -0.25) is 0 Å². The molecule has 0 radical (unpaired) electrons. The fraction of sp³-hybridized carbons (Fsp3) is 0.286. The maximum atomic E-state index is 11.7. The molecule has 0 aliphatic rings. The Balaban J connectivity index is 2.55. The Morgan fingerprint density at radius 2 is 2.08 bits per heavy atom. The molecule has 0 aromatic carbocycles. The van der Waals surface area contributed by atoms with Crippen molar-refractivity contribution in [3.63, 3.8) is 0 Å². The maximum absolute atomic E-state index is 11.7. The van der Waals surface area contributed by atoms with Crippen LogP contribution >= 0.6 is 0 Å². The Kier molecular flexibility index (Phi) is 2.60. The minimum Gasteiger partial charge on any atom is -0.384 e. The van der Waals surface area contributed by atoms with Gasteiger partial charge in [0.2, 0.25) is 0 Å². The molecule has 72 valence electrons. The van der Waals surface area contributed by atoms with E-state index in [1.54, 1.807) is 0 Å². The highest BCUT2D eigenvalue weighted by Gasteiger charge is 2.26. The lowest BCUT2D eigenvalue weighted by Gasteiger charge is -2.08. The Morgan fingerprint density at radius 1 is 1.38 bits per heavy atom. The molecule has 0 bridgehead atoms. The molecular weight excluding hydrogens is 183 g/mol. The molecule has 1 aromatic rings. The van der Waals surface area contributed by atoms with Gasteiger partial charge in [0.05, 0.1) is 0 Å². The second kappa shape index (κ2) is 3.51. The summed E-state index contributed by atoms with van der Waals surface area (Å²) in [6, 6.07) is 4.45. The predicted octanol–water partition coefficient (Wildman–Crippen LogP) is 1.64. The van der Waals surface area contributed by atoms with E-state index in [0.717, 1.165) is 0 Å². The van der Waals surface area contributed by atoms with Crippen molar-refractivity contribution in [2.24, 2.45) is 0 Å². The minimum absolute atomic E-state index is 0.123. The molecule has 3 N–H and O–H groups in total. The first-order valence-corrected chi connectivity index (χ1v) is 3.50. The average molecular weight is 191 g/mol. The standard InChI is InChI=1S/C7H8F3N3/c8-7(9,10)4-12-6-3-1-2-5(11)13-6/h1-3H,4H2,(H3,11,12,13). The summed E-state index contributed by atoms with van der Waals surface area (Å²) >= 11 is 0. The molecule has 6 heteroatoms. The molecule has 0 unspecified atom stereocenters. The predicted molar refractivity (Wildman–Crippen MR) is 43.2 cm³/mol. The van der Waals surface area contributed by atoms with Gasteiger partial charge in [0, 0.05) is 0 Å². The topological polar surface area (TPSA) is 50.9 Å². The molecule has 1 aromatic heterocycles. The number of aromatic nitrogens is 1. The van der Waals surface area contributed by atoms with Crippen LogP contribution in [0.15, 0.2) is 18.2 Å². The smallest absolute Gasteiger partial charge is 0.384 e. The maximum Gasteiger partial charge on any atom is 0.405 e. The van der Waals surface area contributed by atoms with Crippen molar-refractivity contribution in [1.29, 1.82) is 0 Å². The molecule has 0 saturated carbocycles. The molecule has 0 spiro atoms. The first-order chi connectivity index (χ1) is 5.97. The van der Waals surface area contributed by atoms with E-state index in [1.165, 1.54) is 18.2 Å². The molecule has 0 atom stereocenters. The summed E-state index contributed by atoms with van der Waals surface area (Å²) in [5.41, 5.74) is 5.27. The number of nitrogens with one attached hydrogen (secondary N) is 1. The average Bonchev–Trinajstić information content (AvgIpc) is 2.00. The van der Waals surface area contributed by atoms with Crippen molar-refractivity contribution < 1.29 is 13.2 Å². The van der Waals surface area contributed by atoms with Gasteiger partial charge in [-0.1, -0.05) is 6.07 Å². The Morgan fingerprint density at radius 3 is 2.62 bits per heavy atom. The molecule has 0 saturated heterocycles. The number of hydrogen-bond donors (Lipinski definition) is 2. The number of pyridine rings is 1. The van der Waals surface area contributed by atoms with Crippen molar-refractivity contribution >= 4 is 11.6 Å². The second-order valence-electron chi connectivity index (χ2n) is 2.42. The quantitative estimate of drug-likeness (QED) is 0.747. The number of hydrogen-bond acceptors (Lipinski definition) is 3. The van der Waals surface area contributed by atoms with Gasteiger partial charge in [-0.25, -0.2) is 4.98 Å². The molecular formula is C7H8F3N3. The van der Waals surface area contributed by atoms with E-state index in [9.17, 15) is 13.2 Å². The molecule has 1 rings (SSSR count). The Labute approximate surface area is 72.8 Å². The number of nitrogens with zero attached hydrogens (tertiary/aromatic N) is 1. The van der Waals surface area contributed by atoms with Crippen molar-refractivity contribution in [3.05, 3.63) is 18.2 Å². The van der Waals surface area contributed by atoms with Gasteiger partial charge in [0.15, 0.2) is 0 Å². The summed E-state index contributed by atoms with van der Waals surface area (Å²) in [4.78, 5) is 3.64. The lowest BCUT2D eigenvalue weighted by molar-refractivity contribution is -0.115. The van der Waals surface area contributed by atoms with Crippen LogP contribution in [0.1, 0.15) is 0 Å². The van der Waals surface area contributed by atoms with Gasteiger partial charge in [-0.05, 0) is 12.1 Å². The van der Waals surface area contributed by atoms with Gasteiger partial charge in [-0.15, -0.1) is 0 Å². The highest BCUT2D eigenvalue weighted by molar-refractivity contribution is 5.42. The fourth-order valence-corrected chi connectivity index (χ4v) is 0.741. The first kappa shape index (κ1) is 9.63. The zero-order valence-corrected chi connectivity index (χ0v) is 6.60. The normalized spacial score (nSPS) is 11.3. The van der Waals surface area contributed by atoms with E-state index in [0.29, 0.717) is 0 Å². The van der Waals surface area contributed by atoms with E-state index < -0.39 is 12.7 Å². The lowest BCUT2D eigenvalue weighted by Crippen LogP contribution is -2.21.